The van der Waals surface area contributed by atoms with Crippen LogP contribution in [0.5, 0.6) is 5.75 Å². The summed E-state index contributed by atoms with van der Waals surface area (Å²) in [5, 5.41) is 23.1. The number of amides is 1. The van der Waals surface area contributed by atoms with Gasteiger partial charge in [-0.3, -0.25) is 4.79 Å². The van der Waals surface area contributed by atoms with Gasteiger partial charge in [-0.2, -0.15) is 5.10 Å². The molecule has 3 aromatic rings. The van der Waals surface area contributed by atoms with Gasteiger partial charge >= 0.3 is 0 Å². The lowest BCUT2D eigenvalue weighted by atomic mass is 10.1. The summed E-state index contributed by atoms with van der Waals surface area (Å²) in [4.78, 5) is 12.2. The number of nitrogens with one attached hydrogen (secondary N) is 1. The van der Waals surface area contributed by atoms with Crippen LogP contribution in [0.15, 0.2) is 58.8 Å². The van der Waals surface area contributed by atoms with Crippen LogP contribution in [-0.2, 0) is 11.3 Å². The number of rotatable bonds is 7. The monoisotopic (exact) mass is 409 g/mol. The minimum atomic E-state index is -0.257. The molecule has 150 valence electrons. The SMILES string of the molecule is CCn1c(SCC(=O)N/N=C(/C)c2ccccc2O)nnc1-c1ccc(C)cc1. The van der Waals surface area contributed by atoms with Gasteiger partial charge in [-0.1, -0.05) is 53.7 Å². The Morgan fingerprint density at radius 2 is 1.90 bits per heavy atom. The normalized spacial score (nSPS) is 11.5. The Balaban J connectivity index is 1.64. The van der Waals surface area contributed by atoms with Crippen LogP contribution >= 0.6 is 11.8 Å². The Labute approximate surface area is 173 Å². The number of para-hydroxylation sites is 1. The number of nitrogens with zero attached hydrogens (tertiary/aromatic N) is 4. The van der Waals surface area contributed by atoms with Crippen LogP contribution in [0.4, 0.5) is 0 Å². The van der Waals surface area contributed by atoms with Crippen LogP contribution in [0.3, 0.4) is 0 Å². The first kappa shape index (κ1) is 20.6. The molecule has 1 heterocycles. The summed E-state index contributed by atoms with van der Waals surface area (Å²) >= 11 is 1.31. The molecule has 7 nitrogen and oxygen atoms in total. The summed E-state index contributed by atoms with van der Waals surface area (Å²) in [6, 6.07) is 15.0. The van der Waals surface area contributed by atoms with Crippen molar-refractivity contribution in [3.05, 3.63) is 59.7 Å². The first-order chi connectivity index (χ1) is 14.0. The quantitative estimate of drug-likeness (QED) is 0.353. The predicted molar refractivity (Wildman–Crippen MR) is 115 cm³/mol. The van der Waals surface area contributed by atoms with Crippen molar-refractivity contribution in [2.24, 2.45) is 5.10 Å². The van der Waals surface area contributed by atoms with Crippen molar-refractivity contribution in [3.8, 4) is 17.1 Å². The van der Waals surface area contributed by atoms with E-state index in [9.17, 15) is 9.90 Å². The van der Waals surface area contributed by atoms with Crippen molar-refractivity contribution < 1.29 is 9.90 Å². The molecule has 8 heteroatoms. The number of aryl methyl sites for hydroxylation is 1. The van der Waals surface area contributed by atoms with Crippen molar-refractivity contribution in [3.63, 3.8) is 0 Å². The van der Waals surface area contributed by atoms with E-state index in [1.807, 2.05) is 42.7 Å². The lowest BCUT2D eigenvalue weighted by molar-refractivity contribution is -0.118. The van der Waals surface area contributed by atoms with E-state index < -0.39 is 0 Å². The zero-order valence-corrected chi connectivity index (χ0v) is 17.4. The summed E-state index contributed by atoms with van der Waals surface area (Å²) in [6.07, 6.45) is 0. The smallest absolute Gasteiger partial charge is 0.250 e. The minimum absolute atomic E-state index is 0.122. The first-order valence-electron chi connectivity index (χ1n) is 9.24. The number of aromatic nitrogens is 3. The molecular weight excluding hydrogens is 386 g/mol. The Kier molecular flexibility index (Phi) is 6.66. The van der Waals surface area contributed by atoms with Gasteiger partial charge in [-0.15, -0.1) is 10.2 Å². The number of carbonyl (C=O) groups excluding carboxylic acids is 1. The van der Waals surface area contributed by atoms with Gasteiger partial charge in [0, 0.05) is 17.7 Å². The van der Waals surface area contributed by atoms with E-state index >= 15 is 0 Å². The number of benzene rings is 2. The van der Waals surface area contributed by atoms with Gasteiger partial charge < -0.3 is 9.67 Å². The summed E-state index contributed by atoms with van der Waals surface area (Å²) in [5.41, 5.74) is 5.80. The number of hydrogen-bond acceptors (Lipinski definition) is 6. The lowest BCUT2D eigenvalue weighted by Crippen LogP contribution is -2.21. The van der Waals surface area contributed by atoms with Crippen LogP contribution < -0.4 is 5.43 Å². The highest BCUT2D eigenvalue weighted by molar-refractivity contribution is 7.99. The highest BCUT2D eigenvalue weighted by Gasteiger charge is 2.14. The molecule has 2 N–H and O–H groups in total. The molecule has 0 saturated heterocycles. The molecule has 2 aromatic carbocycles. The molecule has 0 aliphatic carbocycles. The van der Waals surface area contributed by atoms with Crippen LogP contribution in [0.1, 0.15) is 25.0 Å². The van der Waals surface area contributed by atoms with E-state index in [4.69, 9.17) is 0 Å². The van der Waals surface area contributed by atoms with E-state index in [1.54, 1.807) is 31.2 Å². The van der Waals surface area contributed by atoms with Gasteiger partial charge in [0.2, 0.25) is 0 Å². The summed E-state index contributed by atoms with van der Waals surface area (Å²) in [7, 11) is 0. The van der Waals surface area contributed by atoms with Gasteiger partial charge in [0.15, 0.2) is 11.0 Å². The average molecular weight is 410 g/mol. The number of hydrazone groups is 1. The third-order valence-electron chi connectivity index (χ3n) is 4.32. The molecule has 0 atom stereocenters. The largest absolute Gasteiger partial charge is 0.507 e. The Hall–Kier alpha value is -3.13. The van der Waals surface area contributed by atoms with Gasteiger partial charge in [0.25, 0.3) is 5.91 Å². The number of aromatic hydroxyl groups is 1. The molecule has 0 radical (unpaired) electrons. The molecule has 0 aliphatic rings. The number of phenolic OH excluding ortho intramolecular Hbond substituents is 1. The molecule has 1 amide bonds. The van der Waals surface area contributed by atoms with E-state index in [-0.39, 0.29) is 17.4 Å². The molecule has 29 heavy (non-hydrogen) atoms. The Morgan fingerprint density at radius 3 is 2.59 bits per heavy atom. The van der Waals surface area contributed by atoms with Crippen molar-refractivity contribution in [1.82, 2.24) is 20.2 Å². The average Bonchev–Trinajstić information content (AvgIpc) is 3.14. The molecular formula is C21H23N5O2S. The highest BCUT2D eigenvalue weighted by atomic mass is 32.2. The second-order valence-electron chi connectivity index (χ2n) is 6.45. The number of phenols is 1. The maximum atomic E-state index is 12.2. The second kappa shape index (κ2) is 9.38. The summed E-state index contributed by atoms with van der Waals surface area (Å²) < 4.78 is 1.99. The second-order valence-corrected chi connectivity index (χ2v) is 7.40. The predicted octanol–water partition coefficient (Wildman–Crippen LogP) is 3.61. The number of hydrogen-bond donors (Lipinski definition) is 2. The van der Waals surface area contributed by atoms with Crippen LogP contribution in [0.25, 0.3) is 11.4 Å². The van der Waals surface area contributed by atoms with Crippen molar-refractivity contribution in [1.29, 1.82) is 0 Å². The third-order valence-corrected chi connectivity index (χ3v) is 5.28. The molecule has 3 rings (SSSR count). The molecule has 0 unspecified atom stereocenters. The van der Waals surface area contributed by atoms with Gasteiger partial charge in [0.05, 0.1) is 11.5 Å². The fourth-order valence-electron chi connectivity index (χ4n) is 2.75. The molecule has 0 saturated carbocycles. The number of carbonyl (C=O) groups is 1. The standard InChI is InChI=1S/C21H23N5O2S/c1-4-26-20(16-11-9-14(2)10-12-16)24-25-21(26)29-13-19(28)23-22-15(3)17-7-5-6-8-18(17)27/h5-12,27H,4,13H2,1-3H3,(H,23,28)/b22-15-. The highest BCUT2D eigenvalue weighted by Crippen LogP contribution is 2.24. The van der Waals surface area contributed by atoms with Gasteiger partial charge in [0.1, 0.15) is 5.75 Å². The summed E-state index contributed by atoms with van der Waals surface area (Å²) in [6.45, 7) is 6.48. The number of thioether (sulfide) groups is 1. The molecule has 0 fully saturated rings. The maximum absolute atomic E-state index is 12.2. The van der Waals surface area contributed by atoms with Gasteiger partial charge in [-0.25, -0.2) is 5.43 Å². The molecule has 0 bridgehead atoms. The van der Waals surface area contributed by atoms with Crippen LogP contribution in [-0.4, -0.2) is 37.2 Å². The topological polar surface area (TPSA) is 92.4 Å². The Morgan fingerprint density at radius 1 is 1.17 bits per heavy atom. The van der Waals surface area contributed by atoms with Crippen LogP contribution in [0.2, 0.25) is 0 Å². The lowest BCUT2D eigenvalue weighted by Gasteiger charge is -2.07. The van der Waals surface area contributed by atoms with E-state index in [0.29, 0.717) is 23.0 Å². The molecule has 0 spiro atoms. The molecule has 0 aliphatic heterocycles. The van der Waals surface area contributed by atoms with E-state index in [1.165, 1.54) is 17.3 Å². The fraction of sp³-hybridized carbons (Fsp3) is 0.238. The van der Waals surface area contributed by atoms with Crippen molar-refractivity contribution in [2.75, 3.05) is 5.75 Å². The molecule has 1 aromatic heterocycles. The van der Waals surface area contributed by atoms with Gasteiger partial charge in [-0.05, 0) is 32.9 Å². The third kappa shape index (κ3) is 5.03. The van der Waals surface area contributed by atoms with E-state index in [2.05, 4.69) is 20.7 Å². The maximum Gasteiger partial charge on any atom is 0.250 e. The first-order valence-corrected chi connectivity index (χ1v) is 10.2. The Bertz CT molecular complexity index is 1030. The summed E-state index contributed by atoms with van der Waals surface area (Å²) in [5.74, 6) is 0.803. The fourth-order valence-corrected chi connectivity index (χ4v) is 3.54. The van der Waals surface area contributed by atoms with Crippen LogP contribution in [0, 0.1) is 6.92 Å². The zero-order valence-electron chi connectivity index (χ0n) is 16.6. The van der Waals surface area contributed by atoms with Crippen molar-refractivity contribution >= 4 is 23.4 Å². The zero-order chi connectivity index (χ0) is 20.8. The van der Waals surface area contributed by atoms with E-state index in [0.717, 1.165) is 11.4 Å². The minimum Gasteiger partial charge on any atom is -0.507 e. The van der Waals surface area contributed by atoms with Crippen molar-refractivity contribution in [2.45, 2.75) is 32.5 Å².